The summed E-state index contributed by atoms with van der Waals surface area (Å²) in [5, 5.41) is 12.4. The zero-order valence-electron chi connectivity index (χ0n) is 19.7. The number of fused-ring (bicyclic) bond motifs is 3. The van der Waals surface area contributed by atoms with Crippen molar-refractivity contribution in [3.05, 3.63) is 87.9 Å². The number of alkyl carbamates (subject to hydrolysis) is 1. The molecule has 0 radical (unpaired) electrons. The summed E-state index contributed by atoms with van der Waals surface area (Å²) < 4.78 is 11.9. The van der Waals surface area contributed by atoms with Crippen LogP contribution >= 0.6 is 15.9 Å². The highest BCUT2D eigenvalue weighted by Crippen LogP contribution is 2.44. The molecule has 0 bridgehead atoms. The van der Waals surface area contributed by atoms with E-state index in [1.807, 2.05) is 54.6 Å². The van der Waals surface area contributed by atoms with Crippen LogP contribution < -0.4 is 10.2 Å². The fourth-order valence-corrected chi connectivity index (χ4v) is 5.44. The van der Waals surface area contributed by atoms with Crippen molar-refractivity contribution in [2.75, 3.05) is 37.8 Å². The van der Waals surface area contributed by atoms with Crippen LogP contribution in [-0.4, -0.2) is 56.1 Å². The number of carbonyl (C=O) groups excluding carboxylic acids is 1. The Morgan fingerprint density at radius 2 is 1.67 bits per heavy atom. The summed E-state index contributed by atoms with van der Waals surface area (Å²) in [6.07, 6.45) is -0.613. The Morgan fingerprint density at radius 1 is 1.03 bits per heavy atom. The molecule has 0 aromatic heterocycles. The molecule has 0 spiro atoms. The molecule has 1 fully saturated rings. The average Bonchev–Trinajstić information content (AvgIpc) is 3.21. The molecule has 8 heteroatoms. The fraction of sp³-hybridized carbons (Fsp3) is 0.286. The third-order valence-corrected chi connectivity index (χ3v) is 7.24. The Balaban J connectivity index is 1.28. The maximum absolute atomic E-state index is 12.7. The zero-order valence-corrected chi connectivity index (χ0v) is 21.2. The van der Waals surface area contributed by atoms with E-state index < -0.39 is 18.1 Å². The van der Waals surface area contributed by atoms with Crippen molar-refractivity contribution in [2.24, 2.45) is 0 Å². The van der Waals surface area contributed by atoms with Crippen molar-refractivity contribution in [3.8, 4) is 11.1 Å². The van der Waals surface area contributed by atoms with Gasteiger partial charge in [-0.3, -0.25) is 0 Å². The van der Waals surface area contributed by atoms with E-state index in [1.165, 1.54) is 0 Å². The Kier molecular flexibility index (Phi) is 7.25. The van der Waals surface area contributed by atoms with Crippen LogP contribution in [0.2, 0.25) is 0 Å². The fourth-order valence-electron chi connectivity index (χ4n) is 5.03. The molecule has 0 saturated carbocycles. The number of carboxylic acid groups (broad SMARTS) is 1. The highest BCUT2D eigenvalue weighted by atomic mass is 79.9. The summed E-state index contributed by atoms with van der Waals surface area (Å²) in [4.78, 5) is 27.0. The molecule has 2 aliphatic rings. The summed E-state index contributed by atoms with van der Waals surface area (Å²) in [6.45, 7) is 2.83. The first kappa shape index (κ1) is 24.3. The minimum atomic E-state index is -1.13. The number of benzene rings is 3. The number of rotatable bonds is 7. The number of amides is 1. The van der Waals surface area contributed by atoms with Crippen molar-refractivity contribution in [1.29, 1.82) is 0 Å². The molecule has 7 nitrogen and oxygen atoms in total. The highest BCUT2D eigenvalue weighted by Gasteiger charge is 2.30. The van der Waals surface area contributed by atoms with Crippen molar-refractivity contribution >= 4 is 33.7 Å². The number of ether oxygens (including phenoxy) is 2. The zero-order chi connectivity index (χ0) is 25.1. The van der Waals surface area contributed by atoms with Crippen LogP contribution in [0, 0.1) is 0 Å². The molecule has 3 aromatic rings. The van der Waals surface area contributed by atoms with E-state index >= 15 is 0 Å². The van der Waals surface area contributed by atoms with E-state index in [0.29, 0.717) is 13.2 Å². The van der Waals surface area contributed by atoms with Gasteiger partial charge in [-0.1, -0.05) is 64.5 Å². The lowest BCUT2D eigenvalue weighted by Crippen LogP contribution is -2.43. The predicted molar refractivity (Wildman–Crippen MR) is 141 cm³/mol. The molecular weight excluding hydrogens is 524 g/mol. The monoisotopic (exact) mass is 550 g/mol. The summed E-state index contributed by atoms with van der Waals surface area (Å²) in [5.41, 5.74) is 6.25. The lowest BCUT2D eigenvalue weighted by atomic mass is 9.98. The van der Waals surface area contributed by atoms with Crippen LogP contribution in [0.3, 0.4) is 0 Å². The molecule has 36 heavy (non-hydrogen) atoms. The number of morpholine rings is 1. The van der Waals surface area contributed by atoms with Crippen LogP contribution in [0.25, 0.3) is 11.1 Å². The molecule has 1 heterocycles. The Bertz CT molecular complexity index is 1230. The van der Waals surface area contributed by atoms with Crippen LogP contribution in [-0.2, 0) is 20.7 Å². The Hall–Kier alpha value is -3.36. The number of anilines is 1. The van der Waals surface area contributed by atoms with Gasteiger partial charge < -0.3 is 24.8 Å². The van der Waals surface area contributed by atoms with Crippen LogP contribution in [0.5, 0.6) is 0 Å². The summed E-state index contributed by atoms with van der Waals surface area (Å²) in [6, 6.07) is 20.8. The smallest absolute Gasteiger partial charge is 0.407 e. The van der Waals surface area contributed by atoms with Gasteiger partial charge in [-0.2, -0.15) is 0 Å². The van der Waals surface area contributed by atoms with Gasteiger partial charge in [0.05, 0.1) is 13.2 Å². The van der Waals surface area contributed by atoms with E-state index in [2.05, 4.69) is 38.3 Å². The first-order chi connectivity index (χ1) is 17.5. The van der Waals surface area contributed by atoms with Gasteiger partial charge >= 0.3 is 12.1 Å². The molecule has 1 unspecified atom stereocenters. The molecule has 5 rings (SSSR count). The van der Waals surface area contributed by atoms with Crippen molar-refractivity contribution in [3.63, 3.8) is 0 Å². The lowest BCUT2D eigenvalue weighted by molar-refractivity contribution is -0.139. The number of carboxylic acids is 1. The molecule has 1 amide bonds. The third kappa shape index (κ3) is 5.10. The molecule has 1 atom stereocenters. The van der Waals surface area contributed by atoms with E-state index in [4.69, 9.17) is 9.47 Å². The minimum absolute atomic E-state index is 0.0931. The van der Waals surface area contributed by atoms with Gasteiger partial charge in [-0.05, 0) is 46.0 Å². The first-order valence-corrected chi connectivity index (χ1v) is 12.8. The quantitative estimate of drug-likeness (QED) is 0.438. The van der Waals surface area contributed by atoms with Crippen LogP contribution in [0.4, 0.5) is 10.5 Å². The second-order valence-corrected chi connectivity index (χ2v) is 9.85. The molecule has 186 valence electrons. The van der Waals surface area contributed by atoms with Crippen molar-refractivity contribution in [1.82, 2.24) is 5.32 Å². The van der Waals surface area contributed by atoms with E-state index in [-0.39, 0.29) is 18.9 Å². The van der Waals surface area contributed by atoms with Crippen molar-refractivity contribution in [2.45, 2.75) is 18.4 Å². The van der Waals surface area contributed by atoms with Gasteiger partial charge in [0.1, 0.15) is 12.6 Å². The number of halogens is 1. The molecule has 2 N–H and O–H groups in total. The number of nitrogens with one attached hydrogen (secondary N) is 1. The second kappa shape index (κ2) is 10.7. The predicted octanol–water partition coefficient (Wildman–Crippen LogP) is 4.82. The normalized spacial score (nSPS) is 15.6. The first-order valence-electron chi connectivity index (χ1n) is 12.0. The highest BCUT2D eigenvalue weighted by molar-refractivity contribution is 9.10. The minimum Gasteiger partial charge on any atom is -0.480 e. The molecule has 1 aliphatic carbocycles. The van der Waals surface area contributed by atoms with Gasteiger partial charge in [0.2, 0.25) is 0 Å². The topological polar surface area (TPSA) is 88.1 Å². The lowest BCUT2D eigenvalue weighted by Gasteiger charge is -2.31. The molecular formula is C28H27BrN2O5. The largest absolute Gasteiger partial charge is 0.480 e. The van der Waals surface area contributed by atoms with Crippen molar-refractivity contribution < 1.29 is 24.2 Å². The van der Waals surface area contributed by atoms with Gasteiger partial charge in [-0.15, -0.1) is 0 Å². The summed E-state index contributed by atoms with van der Waals surface area (Å²) in [7, 11) is 0. The second-order valence-electron chi connectivity index (χ2n) is 8.94. The molecule has 1 saturated heterocycles. The SMILES string of the molecule is O=C(NC(Cc1cc(Br)ccc1N1CCOCC1)C(=O)O)OCC1c2ccccc2-c2ccccc21. The number of nitrogens with zero attached hydrogens (tertiary/aromatic N) is 1. The number of aliphatic carboxylic acids is 1. The van der Waals surface area contributed by atoms with Crippen LogP contribution in [0.15, 0.2) is 71.2 Å². The summed E-state index contributed by atoms with van der Waals surface area (Å²) >= 11 is 3.48. The number of hydrogen-bond donors (Lipinski definition) is 2. The van der Waals surface area contributed by atoms with Gasteiger partial charge in [0.15, 0.2) is 0 Å². The Morgan fingerprint density at radius 3 is 2.31 bits per heavy atom. The maximum Gasteiger partial charge on any atom is 0.407 e. The molecule has 1 aliphatic heterocycles. The number of hydrogen-bond acceptors (Lipinski definition) is 5. The summed E-state index contributed by atoms with van der Waals surface area (Å²) in [5.74, 6) is -1.21. The molecule has 3 aromatic carbocycles. The Labute approximate surface area is 218 Å². The standard InChI is InChI=1S/C28H27BrN2O5/c29-19-9-10-26(31-11-13-35-14-12-31)18(15-19)16-25(27(32)33)30-28(34)36-17-24-22-7-3-1-5-20(22)21-6-2-4-8-23(21)24/h1-10,15,24-25H,11-14,16-17H2,(H,30,34)(H,32,33). The average molecular weight is 551 g/mol. The van der Waals surface area contributed by atoms with E-state index in [9.17, 15) is 14.7 Å². The number of carbonyl (C=O) groups is 2. The van der Waals surface area contributed by atoms with E-state index in [1.54, 1.807) is 0 Å². The maximum atomic E-state index is 12.7. The van der Waals surface area contributed by atoms with Gasteiger partial charge in [0, 0.05) is 35.6 Å². The van der Waals surface area contributed by atoms with Gasteiger partial charge in [0.25, 0.3) is 0 Å². The third-order valence-electron chi connectivity index (χ3n) is 6.75. The van der Waals surface area contributed by atoms with E-state index in [0.717, 1.165) is 51.1 Å². The van der Waals surface area contributed by atoms with Gasteiger partial charge in [-0.25, -0.2) is 9.59 Å². The van der Waals surface area contributed by atoms with Crippen LogP contribution in [0.1, 0.15) is 22.6 Å².